The summed E-state index contributed by atoms with van der Waals surface area (Å²) in [4.78, 5) is 0. The molecule has 3 heteroatoms. The van der Waals surface area contributed by atoms with Crippen molar-refractivity contribution in [3.63, 3.8) is 0 Å². The maximum atomic E-state index is 5.77. The highest BCUT2D eigenvalue weighted by Gasteiger charge is 2.20. The lowest BCUT2D eigenvalue weighted by Crippen LogP contribution is -2.03. The van der Waals surface area contributed by atoms with Crippen molar-refractivity contribution in [2.45, 2.75) is 32.7 Å². The topological polar surface area (TPSA) is 44.5 Å². The van der Waals surface area contributed by atoms with Crippen molar-refractivity contribution in [1.82, 2.24) is 0 Å². The Bertz CT molecular complexity index is 361. The molecule has 0 bridgehead atoms. The summed E-state index contributed by atoms with van der Waals surface area (Å²) in [5.41, 5.74) is 6.69. The van der Waals surface area contributed by atoms with Gasteiger partial charge in [0.05, 0.1) is 13.2 Å². The summed E-state index contributed by atoms with van der Waals surface area (Å²) in [6.07, 6.45) is 3.89. The van der Waals surface area contributed by atoms with Crippen LogP contribution in [0.3, 0.4) is 0 Å². The molecular weight excluding hydrogens is 214 g/mol. The van der Waals surface area contributed by atoms with Gasteiger partial charge in [-0.3, -0.25) is 0 Å². The predicted octanol–water partition coefficient (Wildman–Crippen LogP) is 2.72. The summed E-state index contributed by atoms with van der Waals surface area (Å²) in [6.45, 7) is 3.94. The zero-order valence-corrected chi connectivity index (χ0v) is 10.4. The summed E-state index contributed by atoms with van der Waals surface area (Å²) in [6, 6.07) is 5.92. The molecule has 1 aromatic carbocycles. The van der Waals surface area contributed by atoms with E-state index in [9.17, 15) is 0 Å². The summed E-state index contributed by atoms with van der Waals surface area (Å²) >= 11 is 0. The Hall–Kier alpha value is -1.22. The summed E-state index contributed by atoms with van der Waals surface area (Å²) in [7, 11) is 0. The molecule has 0 radical (unpaired) electrons. The fourth-order valence-electron chi connectivity index (χ4n) is 1.81. The summed E-state index contributed by atoms with van der Waals surface area (Å²) in [5, 5.41) is 0. The standard InChI is InChI=1S/C14H21NO2/c1-2-16-14-9-12(10-15)5-6-13(14)17-8-7-11-3-4-11/h5-6,9,11H,2-4,7-8,10,15H2,1H3. The smallest absolute Gasteiger partial charge is 0.161 e. The predicted molar refractivity (Wildman–Crippen MR) is 68.3 cm³/mol. The molecule has 0 spiro atoms. The van der Waals surface area contributed by atoms with Crippen LogP contribution < -0.4 is 15.2 Å². The minimum absolute atomic E-state index is 0.530. The molecule has 2 N–H and O–H groups in total. The summed E-state index contributed by atoms with van der Waals surface area (Å²) in [5.74, 6) is 2.55. The molecule has 0 saturated heterocycles. The SMILES string of the molecule is CCOc1cc(CN)ccc1OCCC1CC1. The minimum Gasteiger partial charge on any atom is -0.490 e. The van der Waals surface area contributed by atoms with E-state index in [2.05, 4.69) is 0 Å². The van der Waals surface area contributed by atoms with Gasteiger partial charge in [-0.15, -0.1) is 0 Å². The van der Waals surface area contributed by atoms with Crippen LogP contribution in [0.15, 0.2) is 18.2 Å². The molecule has 1 saturated carbocycles. The van der Waals surface area contributed by atoms with E-state index >= 15 is 0 Å². The molecule has 0 atom stereocenters. The second-order valence-electron chi connectivity index (χ2n) is 4.50. The lowest BCUT2D eigenvalue weighted by Gasteiger charge is -2.12. The lowest BCUT2D eigenvalue weighted by atomic mass is 10.2. The Morgan fingerprint density at radius 2 is 2.06 bits per heavy atom. The Kier molecular flexibility index (Phi) is 4.26. The van der Waals surface area contributed by atoms with Crippen molar-refractivity contribution in [1.29, 1.82) is 0 Å². The van der Waals surface area contributed by atoms with Crippen molar-refractivity contribution in [2.24, 2.45) is 11.7 Å². The minimum atomic E-state index is 0.530. The van der Waals surface area contributed by atoms with Gasteiger partial charge < -0.3 is 15.2 Å². The number of ether oxygens (including phenoxy) is 2. The van der Waals surface area contributed by atoms with Crippen LogP contribution >= 0.6 is 0 Å². The molecule has 0 aliphatic heterocycles. The van der Waals surface area contributed by atoms with Crippen molar-refractivity contribution in [3.05, 3.63) is 23.8 Å². The van der Waals surface area contributed by atoms with Gasteiger partial charge in [-0.05, 0) is 37.0 Å². The molecule has 1 aliphatic carbocycles. The van der Waals surface area contributed by atoms with Crippen LogP contribution in [0.1, 0.15) is 31.7 Å². The average Bonchev–Trinajstić information content (AvgIpc) is 3.15. The fraction of sp³-hybridized carbons (Fsp3) is 0.571. The lowest BCUT2D eigenvalue weighted by molar-refractivity contribution is 0.268. The third kappa shape index (κ3) is 3.63. The highest BCUT2D eigenvalue weighted by Crippen LogP contribution is 2.33. The van der Waals surface area contributed by atoms with E-state index in [0.717, 1.165) is 36.0 Å². The Morgan fingerprint density at radius 3 is 2.71 bits per heavy atom. The van der Waals surface area contributed by atoms with Crippen LogP contribution in [-0.2, 0) is 6.54 Å². The van der Waals surface area contributed by atoms with E-state index in [1.54, 1.807) is 0 Å². The van der Waals surface area contributed by atoms with E-state index < -0.39 is 0 Å². The molecule has 0 heterocycles. The van der Waals surface area contributed by atoms with Crippen molar-refractivity contribution >= 4 is 0 Å². The normalized spacial score (nSPS) is 14.7. The third-order valence-electron chi connectivity index (χ3n) is 3.02. The van der Waals surface area contributed by atoms with Crippen molar-refractivity contribution < 1.29 is 9.47 Å². The molecule has 1 fully saturated rings. The third-order valence-corrected chi connectivity index (χ3v) is 3.02. The molecule has 17 heavy (non-hydrogen) atoms. The van der Waals surface area contributed by atoms with Gasteiger partial charge in [-0.1, -0.05) is 18.9 Å². The maximum absolute atomic E-state index is 5.77. The van der Waals surface area contributed by atoms with E-state index in [4.69, 9.17) is 15.2 Å². The molecule has 3 nitrogen and oxygen atoms in total. The first-order valence-electron chi connectivity index (χ1n) is 6.42. The van der Waals surface area contributed by atoms with Crippen LogP contribution in [0.2, 0.25) is 0 Å². The molecule has 94 valence electrons. The Labute approximate surface area is 103 Å². The highest BCUT2D eigenvalue weighted by atomic mass is 16.5. The molecule has 0 unspecified atom stereocenters. The monoisotopic (exact) mass is 235 g/mol. The molecule has 0 amide bonds. The van der Waals surface area contributed by atoms with Gasteiger partial charge in [0.1, 0.15) is 0 Å². The van der Waals surface area contributed by atoms with Crippen LogP contribution in [0.4, 0.5) is 0 Å². The number of hydrogen-bond acceptors (Lipinski definition) is 3. The first-order valence-corrected chi connectivity index (χ1v) is 6.42. The van der Waals surface area contributed by atoms with Crippen LogP contribution in [-0.4, -0.2) is 13.2 Å². The number of benzene rings is 1. The van der Waals surface area contributed by atoms with Crippen molar-refractivity contribution in [3.8, 4) is 11.5 Å². The van der Waals surface area contributed by atoms with Crippen LogP contribution in [0.5, 0.6) is 11.5 Å². The Morgan fingerprint density at radius 1 is 1.24 bits per heavy atom. The molecule has 0 aromatic heterocycles. The zero-order valence-electron chi connectivity index (χ0n) is 10.4. The largest absolute Gasteiger partial charge is 0.490 e. The second-order valence-corrected chi connectivity index (χ2v) is 4.50. The van der Waals surface area contributed by atoms with Crippen LogP contribution in [0.25, 0.3) is 0 Å². The molecule has 1 aliphatic rings. The average molecular weight is 235 g/mol. The van der Waals surface area contributed by atoms with Crippen LogP contribution in [0, 0.1) is 5.92 Å². The van der Waals surface area contributed by atoms with E-state index in [0.29, 0.717) is 13.2 Å². The molecular formula is C14H21NO2. The highest BCUT2D eigenvalue weighted by molar-refractivity contribution is 5.43. The second kappa shape index (κ2) is 5.92. The van der Waals surface area contributed by atoms with E-state index in [1.165, 1.54) is 12.8 Å². The molecule has 2 rings (SSSR count). The summed E-state index contributed by atoms with van der Waals surface area (Å²) < 4.78 is 11.3. The zero-order chi connectivity index (χ0) is 12.1. The quantitative estimate of drug-likeness (QED) is 0.790. The van der Waals surface area contributed by atoms with Crippen molar-refractivity contribution in [2.75, 3.05) is 13.2 Å². The number of rotatable bonds is 7. The maximum Gasteiger partial charge on any atom is 0.161 e. The number of nitrogens with two attached hydrogens (primary N) is 1. The fourth-order valence-corrected chi connectivity index (χ4v) is 1.81. The van der Waals surface area contributed by atoms with E-state index in [-0.39, 0.29) is 0 Å². The van der Waals surface area contributed by atoms with E-state index in [1.807, 2.05) is 25.1 Å². The number of hydrogen-bond donors (Lipinski definition) is 1. The van der Waals surface area contributed by atoms with Gasteiger partial charge in [0.2, 0.25) is 0 Å². The first-order chi connectivity index (χ1) is 8.33. The first kappa shape index (κ1) is 12.2. The van der Waals surface area contributed by atoms with Gasteiger partial charge in [0.25, 0.3) is 0 Å². The molecule has 1 aromatic rings. The Balaban J connectivity index is 1.96. The van der Waals surface area contributed by atoms with Gasteiger partial charge >= 0.3 is 0 Å². The van der Waals surface area contributed by atoms with Gasteiger partial charge in [0.15, 0.2) is 11.5 Å². The van der Waals surface area contributed by atoms with Gasteiger partial charge in [-0.2, -0.15) is 0 Å². The van der Waals surface area contributed by atoms with Gasteiger partial charge in [-0.25, -0.2) is 0 Å². The van der Waals surface area contributed by atoms with Gasteiger partial charge in [0, 0.05) is 6.54 Å².